The number of rotatable bonds is 2. The fourth-order valence-electron chi connectivity index (χ4n) is 4.95. The molecule has 1 aromatic carbocycles. The van der Waals surface area contributed by atoms with Crippen LogP contribution in [-0.4, -0.2) is 5.91 Å². The molecule has 4 rings (SSSR count). The molecule has 0 unspecified atom stereocenters. The molecule has 1 aromatic rings. The number of benzene rings is 1. The standard InChI is InChI=1S/C23H31NO/c25-23-21(15-17-9-5-2-1-3-6-10-17)20-16-19(13-14-22(20)24-23)18-11-7-4-8-12-18/h13-18H,1-12H2,(H,24,25)/b21-15-. The van der Waals surface area contributed by atoms with E-state index in [2.05, 4.69) is 29.6 Å². The van der Waals surface area contributed by atoms with Crippen LogP contribution in [0.15, 0.2) is 24.3 Å². The Morgan fingerprint density at radius 3 is 2.24 bits per heavy atom. The van der Waals surface area contributed by atoms with E-state index in [-0.39, 0.29) is 5.91 Å². The van der Waals surface area contributed by atoms with Crippen molar-refractivity contribution < 1.29 is 4.79 Å². The van der Waals surface area contributed by atoms with Gasteiger partial charge in [0.1, 0.15) is 0 Å². The average molecular weight is 338 g/mol. The van der Waals surface area contributed by atoms with E-state index in [0.29, 0.717) is 11.8 Å². The van der Waals surface area contributed by atoms with Crippen LogP contribution in [-0.2, 0) is 4.79 Å². The van der Waals surface area contributed by atoms with Gasteiger partial charge in [0.15, 0.2) is 0 Å². The Kier molecular flexibility index (Phi) is 5.24. The van der Waals surface area contributed by atoms with Gasteiger partial charge in [-0.1, -0.05) is 63.5 Å². The van der Waals surface area contributed by atoms with Gasteiger partial charge >= 0.3 is 0 Å². The van der Waals surface area contributed by atoms with Gasteiger partial charge in [-0.05, 0) is 55.2 Å². The van der Waals surface area contributed by atoms with Gasteiger partial charge < -0.3 is 5.32 Å². The zero-order chi connectivity index (χ0) is 17.1. The summed E-state index contributed by atoms with van der Waals surface area (Å²) in [6.45, 7) is 0. The normalized spacial score (nSPS) is 24.6. The summed E-state index contributed by atoms with van der Waals surface area (Å²) < 4.78 is 0. The molecule has 0 radical (unpaired) electrons. The Morgan fingerprint density at radius 2 is 1.48 bits per heavy atom. The molecule has 0 atom stereocenters. The first-order chi connectivity index (χ1) is 12.3. The molecular weight excluding hydrogens is 306 g/mol. The molecule has 2 aliphatic carbocycles. The molecule has 1 heterocycles. The van der Waals surface area contributed by atoms with Crippen molar-refractivity contribution in [3.63, 3.8) is 0 Å². The second-order valence-corrected chi connectivity index (χ2v) is 8.28. The van der Waals surface area contributed by atoms with Crippen molar-refractivity contribution in [2.45, 2.75) is 83.0 Å². The summed E-state index contributed by atoms with van der Waals surface area (Å²) in [5.74, 6) is 1.38. The predicted octanol–water partition coefficient (Wildman–Crippen LogP) is 6.43. The number of nitrogens with one attached hydrogen (secondary N) is 1. The maximum atomic E-state index is 12.6. The predicted molar refractivity (Wildman–Crippen MR) is 105 cm³/mol. The van der Waals surface area contributed by atoms with Crippen LogP contribution in [0.3, 0.4) is 0 Å². The number of allylic oxidation sites excluding steroid dienone is 1. The number of anilines is 1. The van der Waals surface area contributed by atoms with Crippen molar-refractivity contribution >= 4 is 17.2 Å². The second-order valence-electron chi connectivity index (χ2n) is 8.28. The third-order valence-electron chi connectivity index (χ3n) is 6.46. The van der Waals surface area contributed by atoms with Crippen LogP contribution in [0, 0.1) is 5.92 Å². The average Bonchev–Trinajstić information content (AvgIpc) is 2.92. The van der Waals surface area contributed by atoms with Crippen LogP contribution in [0.5, 0.6) is 0 Å². The Labute approximate surface area is 152 Å². The second kappa shape index (κ2) is 7.76. The zero-order valence-corrected chi connectivity index (χ0v) is 15.4. The van der Waals surface area contributed by atoms with Gasteiger partial charge in [0.2, 0.25) is 0 Å². The summed E-state index contributed by atoms with van der Waals surface area (Å²) in [7, 11) is 0. The third kappa shape index (κ3) is 3.83. The van der Waals surface area contributed by atoms with Crippen molar-refractivity contribution in [2.24, 2.45) is 5.92 Å². The highest BCUT2D eigenvalue weighted by Crippen LogP contribution is 2.39. The molecule has 0 saturated heterocycles. The molecule has 2 heteroatoms. The number of carbonyl (C=O) groups is 1. The van der Waals surface area contributed by atoms with Gasteiger partial charge in [0, 0.05) is 16.8 Å². The van der Waals surface area contributed by atoms with Crippen molar-refractivity contribution in [1.29, 1.82) is 0 Å². The number of hydrogen-bond acceptors (Lipinski definition) is 1. The summed E-state index contributed by atoms with van der Waals surface area (Å²) in [5, 5.41) is 3.09. The topological polar surface area (TPSA) is 29.1 Å². The molecule has 0 spiro atoms. The van der Waals surface area contributed by atoms with E-state index < -0.39 is 0 Å². The monoisotopic (exact) mass is 337 g/mol. The summed E-state index contributed by atoms with van der Waals surface area (Å²) >= 11 is 0. The summed E-state index contributed by atoms with van der Waals surface area (Å²) in [6, 6.07) is 6.70. The van der Waals surface area contributed by atoms with E-state index in [9.17, 15) is 4.79 Å². The lowest BCUT2D eigenvalue weighted by atomic mass is 9.83. The van der Waals surface area contributed by atoms with E-state index >= 15 is 0 Å². The van der Waals surface area contributed by atoms with Gasteiger partial charge in [-0.25, -0.2) is 0 Å². The van der Waals surface area contributed by atoms with Gasteiger partial charge in [-0.3, -0.25) is 4.79 Å². The number of hydrogen-bond donors (Lipinski definition) is 1. The largest absolute Gasteiger partial charge is 0.321 e. The Balaban J connectivity index is 1.59. The van der Waals surface area contributed by atoms with E-state index in [1.807, 2.05) is 0 Å². The van der Waals surface area contributed by atoms with Crippen LogP contribution in [0.1, 0.15) is 94.1 Å². The van der Waals surface area contributed by atoms with Gasteiger partial charge in [-0.2, -0.15) is 0 Å². The molecule has 25 heavy (non-hydrogen) atoms. The molecule has 1 aliphatic heterocycles. The molecule has 1 N–H and O–H groups in total. The Morgan fingerprint density at radius 1 is 0.840 bits per heavy atom. The van der Waals surface area contributed by atoms with Gasteiger partial charge in [0.05, 0.1) is 0 Å². The molecule has 0 aromatic heterocycles. The molecule has 3 aliphatic rings. The van der Waals surface area contributed by atoms with E-state index in [1.54, 1.807) is 0 Å². The molecule has 1 amide bonds. The molecule has 2 saturated carbocycles. The first-order valence-corrected chi connectivity index (χ1v) is 10.5. The molecule has 2 nitrogen and oxygen atoms in total. The van der Waals surface area contributed by atoms with Crippen molar-refractivity contribution in [3.8, 4) is 0 Å². The lowest BCUT2D eigenvalue weighted by molar-refractivity contribution is -0.110. The van der Waals surface area contributed by atoms with Crippen molar-refractivity contribution in [3.05, 3.63) is 35.4 Å². The van der Waals surface area contributed by atoms with E-state index in [1.165, 1.54) is 82.6 Å². The highest BCUT2D eigenvalue weighted by molar-refractivity contribution is 6.31. The fraction of sp³-hybridized carbons (Fsp3) is 0.609. The van der Waals surface area contributed by atoms with Gasteiger partial charge in [-0.15, -0.1) is 0 Å². The summed E-state index contributed by atoms with van der Waals surface area (Å²) in [5.41, 5.74) is 4.56. The maximum absolute atomic E-state index is 12.6. The summed E-state index contributed by atoms with van der Waals surface area (Å²) in [4.78, 5) is 12.6. The Bertz CT molecular complexity index is 646. The van der Waals surface area contributed by atoms with Gasteiger partial charge in [0.25, 0.3) is 5.91 Å². The third-order valence-corrected chi connectivity index (χ3v) is 6.46. The number of amides is 1. The fourth-order valence-corrected chi connectivity index (χ4v) is 4.95. The quantitative estimate of drug-likeness (QED) is 0.619. The lowest BCUT2D eigenvalue weighted by Crippen LogP contribution is -2.07. The highest BCUT2D eigenvalue weighted by Gasteiger charge is 2.27. The molecule has 0 bridgehead atoms. The minimum Gasteiger partial charge on any atom is -0.321 e. The van der Waals surface area contributed by atoms with Crippen LogP contribution in [0.2, 0.25) is 0 Å². The lowest BCUT2D eigenvalue weighted by Gasteiger charge is -2.22. The molecular formula is C23H31NO. The number of carbonyl (C=O) groups excluding carboxylic acids is 1. The van der Waals surface area contributed by atoms with Crippen LogP contribution in [0.25, 0.3) is 5.57 Å². The minimum absolute atomic E-state index is 0.109. The smallest absolute Gasteiger partial charge is 0.256 e. The van der Waals surface area contributed by atoms with E-state index in [4.69, 9.17) is 0 Å². The zero-order valence-electron chi connectivity index (χ0n) is 15.4. The SMILES string of the molecule is O=C1Nc2ccc(C3CCCCC3)cc2/C1=C/C1CCCCCCC1. The van der Waals surface area contributed by atoms with E-state index in [0.717, 1.165) is 16.8 Å². The summed E-state index contributed by atoms with van der Waals surface area (Å²) in [6.07, 6.45) is 18.2. The minimum atomic E-state index is 0.109. The Hall–Kier alpha value is -1.57. The first-order valence-electron chi connectivity index (χ1n) is 10.5. The van der Waals surface area contributed by atoms with Crippen molar-refractivity contribution in [1.82, 2.24) is 0 Å². The first kappa shape index (κ1) is 16.9. The van der Waals surface area contributed by atoms with Crippen molar-refractivity contribution in [2.75, 3.05) is 5.32 Å². The number of fused-ring (bicyclic) bond motifs is 1. The maximum Gasteiger partial charge on any atom is 0.256 e. The highest BCUT2D eigenvalue weighted by atomic mass is 16.2. The van der Waals surface area contributed by atoms with Crippen LogP contribution in [0.4, 0.5) is 5.69 Å². The van der Waals surface area contributed by atoms with Crippen LogP contribution >= 0.6 is 0 Å². The molecule has 2 fully saturated rings. The van der Waals surface area contributed by atoms with Crippen LogP contribution < -0.4 is 5.32 Å². The molecule has 134 valence electrons.